The number of rotatable bonds is 3. The van der Waals surface area contributed by atoms with Gasteiger partial charge in [-0.3, -0.25) is 19.6 Å². The predicted molar refractivity (Wildman–Crippen MR) is 56.7 cm³/mol. The largest absolute Gasteiger partial charge is 0.287 e. The van der Waals surface area contributed by atoms with Crippen LogP contribution in [-0.2, 0) is 4.79 Å². The quantitative estimate of drug-likeness (QED) is 0.715. The van der Waals surface area contributed by atoms with Crippen LogP contribution >= 0.6 is 0 Å². The fourth-order valence-corrected chi connectivity index (χ4v) is 1.27. The lowest BCUT2D eigenvalue weighted by molar-refractivity contribution is 0.103. The molecule has 0 aliphatic heterocycles. The van der Waals surface area contributed by atoms with Crippen molar-refractivity contribution in [1.29, 1.82) is 0 Å². The van der Waals surface area contributed by atoms with E-state index in [1.54, 1.807) is 18.4 Å². The summed E-state index contributed by atoms with van der Waals surface area (Å²) in [5.41, 5.74) is 1.03. The molecule has 1 radical (unpaired) electrons. The van der Waals surface area contributed by atoms with Gasteiger partial charge in [0.1, 0.15) is 5.69 Å². The van der Waals surface area contributed by atoms with E-state index < -0.39 is 0 Å². The second kappa shape index (κ2) is 4.44. The van der Waals surface area contributed by atoms with E-state index in [1.165, 1.54) is 30.7 Å². The van der Waals surface area contributed by atoms with Crippen LogP contribution in [0.4, 0.5) is 0 Å². The van der Waals surface area contributed by atoms with E-state index in [4.69, 9.17) is 0 Å². The molecule has 0 aromatic carbocycles. The Morgan fingerprint density at radius 2 is 1.88 bits per heavy atom. The Morgan fingerprint density at radius 3 is 2.56 bits per heavy atom. The first-order valence-corrected chi connectivity index (χ1v) is 4.60. The average Bonchev–Trinajstić information content (AvgIpc) is 2.39. The average molecular weight is 211 g/mol. The highest BCUT2D eigenvalue weighted by Gasteiger charge is 2.10. The maximum Gasteiger partial charge on any atom is 0.233 e. The van der Waals surface area contributed by atoms with Gasteiger partial charge in [0.05, 0.1) is 0 Å². The highest BCUT2D eigenvalue weighted by Crippen LogP contribution is 2.07. The Kier molecular flexibility index (Phi) is 2.82. The number of nitrogens with zero attached hydrogens (tertiary/aromatic N) is 2. The molecule has 0 bridgehead atoms. The van der Waals surface area contributed by atoms with E-state index in [9.17, 15) is 9.59 Å². The minimum absolute atomic E-state index is 0.229. The van der Waals surface area contributed by atoms with Crippen molar-refractivity contribution in [3.05, 3.63) is 59.7 Å². The molecule has 16 heavy (non-hydrogen) atoms. The van der Waals surface area contributed by atoms with Crippen molar-refractivity contribution in [3.63, 3.8) is 0 Å². The van der Waals surface area contributed by atoms with Crippen LogP contribution < -0.4 is 0 Å². The zero-order valence-corrected chi connectivity index (χ0v) is 8.25. The molecule has 4 heteroatoms. The zero-order valence-electron chi connectivity index (χ0n) is 8.25. The Balaban J connectivity index is 2.38. The molecule has 0 aliphatic rings. The molecule has 0 amide bonds. The van der Waals surface area contributed by atoms with Gasteiger partial charge in [-0.15, -0.1) is 0 Å². The topological polar surface area (TPSA) is 59.9 Å². The van der Waals surface area contributed by atoms with Gasteiger partial charge in [-0.05, 0) is 24.3 Å². The third kappa shape index (κ3) is 2.00. The molecule has 77 valence electrons. The summed E-state index contributed by atoms with van der Waals surface area (Å²) in [4.78, 5) is 30.1. The van der Waals surface area contributed by atoms with Crippen LogP contribution in [0.1, 0.15) is 21.6 Å². The van der Waals surface area contributed by atoms with Crippen LogP contribution in [0.2, 0.25) is 0 Å². The number of pyridine rings is 2. The van der Waals surface area contributed by atoms with E-state index in [1.807, 2.05) is 0 Å². The lowest BCUT2D eigenvalue weighted by atomic mass is 10.1. The Hall–Kier alpha value is -2.36. The van der Waals surface area contributed by atoms with Crippen LogP contribution in [-0.4, -0.2) is 22.0 Å². The molecule has 2 aromatic heterocycles. The maximum absolute atomic E-state index is 11.9. The third-order valence-corrected chi connectivity index (χ3v) is 2.05. The number of carbonyl (C=O) groups is 1. The van der Waals surface area contributed by atoms with Crippen molar-refractivity contribution in [2.75, 3.05) is 0 Å². The van der Waals surface area contributed by atoms with Gasteiger partial charge in [-0.2, -0.15) is 0 Å². The second-order valence-electron chi connectivity index (χ2n) is 3.10. The van der Waals surface area contributed by atoms with Crippen molar-refractivity contribution in [3.8, 4) is 0 Å². The molecule has 0 atom stereocenters. The summed E-state index contributed by atoms with van der Waals surface area (Å²) in [5.74, 6) is -0.237. The van der Waals surface area contributed by atoms with E-state index in [-0.39, 0.29) is 11.5 Å². The SMILES string of the molecule is O=[C]c1ccnc(C(=O)c2ccncc2)c1. The molecule has 0 aliphatic carbocycles. The highest BCUT2D eigenvalue weighted by atomic mass is 16.1. The van der Waals surface area contributed by atoms with Crippen molar-refractivity contribution in [2.24, 2.45) is 0 Å². The van der Waals surface area contributed by atoms with Crippen molar-refractivity contribution in [2.45, 2.75) is 0 Å². The molecule has 0 saturated carbocycles. The Bertz CT molecular complexity index is 524. The highest BCUT2D eigenvalue weighted by molar-refractivity contribution is 6.08. The monoisotopic (exact) mass is 211 g/mol. The Morgan fingerprint density at radius 1 is 1.12 bits per heavy atom. The standard InChI is InChI=1S/C12H7N2O2/c15-8-9-1-6-14-11(7-9)12(16)10-2-4-13-5-3-10/h1-7H. The molecular weight excluding hydrogens is 204 g/mol. The van der Waals surface area contributed by atoms with Gasteiger partial charge in [0.25, 0.3) is 0 Å². The molecule has 0 unspecified atom stereocenters. The molecule has 0 saturated heterocycles. The summed E-state index contributed by atoms with van der Waals surface area (Å²) >= 11 is 0. The molecule has 2 aromatic rings. The first-order chi connectivity index (χ1) is 7.81. The smallest absolute Gasteiger partial charge is 0.233 e. The summed E-state index contributed by atoms with van der Waals surface area (Å²) in [6.45, 7) is 0. The summed E-state index contributed by atoms with van der Waals surface area (Å²) in [5, 5.41) is 0. The normalized spacial score (nSPS) is 9.75. The minimum atomic E-state index is -0.237. The zero-order chi connectivity index (χ0) is 11.4. The van der Waals surface area contributed by atoms with Crippen LogP contribution in [0.5, 0.6) is 0 Å². The number of carbonyl (C=O) groups excluding carboxylic acids is 2. The third-order valence-electron chi connectivity index (χ3n) is 2.05. The molecule has 0 N–H and O–H groups in total. The Labute approximate surface area is 92.0 Å². The predicted octanol–water partition coefficient (Wildman–Crippen LogP) is 1.17. The maximum atomic E-state index is 11.9. The van der Waals surface area contributed by atoms with Gasteiger partial charge in [0.15, 0.2) is 0 Å². The minimum Gasteiger partial charge on any atom is -0.287 e. The first-order valence-electron chi connectivity index (χ1n) is 4.60. The van der Waals surface area contributed by atoms with E-state index in [2.05, 4.69) is 9.97 Å². The number of hydrogen-bond donors (Lipinski definition) is 0. The fraction of sp³-hybridized carbons (Fsp3) is 0. The van der Waals surface area contributed by atoms with E-state index in [0.717, 1.165) is 0 Å². The molecule has 0 spiro atoms. The van der Waals surface area contributed by atoms with Crippen molar-refractivity contribution < 1.29 is 9.59 Å². The number of hydrogen-bond acceptors (Lipinski definition) is 4. The fourth-order valence-electron chi connectivity index (χ4n) is 1.27. The summed E-state index contributed by atoms with van der Waals surface area (Å²) in [6.07, 6.45) is 6.19. The van der Waals surface area contributed by atoms with E-state index in [0.29, 0.717) is 11.1 Å². The van der Waals surface area contributed by atoms with Crippen molar-refractivity contribution in [1.82, 2.24) is 9.97 Å². The lowest BCUT2D eigenvalue weighted by Gasteiger charge is -1.99. The molecular formula is C12H7N2O2. The second-order valence-corrected chi connectivity index (χ2v) is 3.10. The van der Waals surface area contributed by atoms with Crippen molar-refractivity contribution >= 4 is 12.1 Å². The van der Waals surface area contributed by atoms with E-state index >= 15 is 0 Å². The van der Waals surface area contributed by atoms with Crippen LogP contribution in [0.15, 0.2) is 42.9 Å². The molecule has 4 nitrogen and oxygen atoms in total. The van der Waals surface area contributed by atoms with Gasteiger partial charge in [0.2, 0.25) is 12.1 Å². The summed E-state index contributed by atoms with van der Waals surface area (Å²) in [7, 11) is 0. The van der Waals surface area contributed by atoms with Gasteiger partial charge in [0, 0.05) is 29.7 Å². The van der Waals surface area contributed by atoms with Gasteiger partial charge in [-0.25, -0.2) is 0 Å². The summed E-state index contributed by atoms with van der Waals surface area (Å²) < 4.78 is 0. The lowest BCUT2D eigenvalue weighted by Crippen LogP contribution is -2.04. The van der Waals surface area contributed by atoms with Gasteiger partial charge >= 0.3 is 0 Å². The molecule has 2 rings (SSSR count). The molecule has 0 fully saturated rings. The molecule has 2 heterocycles. The van der Waals surface area contributed by atoms with Crippen LogP contribution in [0, 0.1) is 0 Å². The van der Waals surface area contributed by atoms with Crippen LogP contribution in [0.25, 0.3) is 0 Å². The summed E-state index contributed by atoms with van der Waals surface area (Å²) in [6, 6.07) is 6.11. The van der Waals surface area contributed by atoms with Gasteiger partial charge < -0.3 is 0 Å². The number of aromatic nitrogens is 2. The first kappa shape index (κ1) is 10.2. The number of ketones is 1. The van der Waals surface area contributed by atoms with Crippen LogP contribution in [0.3, 0.4) is 0 Å². The van der Waals surface area contributed by atoms with Gasteiger partial charge in [-0.1, -0.05) is 0 Å².